The minimum atomic E-state index is -0.669. The lowest BCUT2D eigenvalue weighted by molar-refractivity contribution is -0.0383. The summed E-state index contributed by atoms with van der Waals surface area (Å²) >= 11 is 0. The van der Waals surface area contributed by atoms with Crippen LogP contribution in [0.5, 0.6) is 11.6 Å². The van der Waals surface area contributed by atoms with Gasteiger partial charge in [0.25, 0.3) is 5.88 Å². The second-order valence-electron chi connectivity index (χ2n) is 10.9. The van der Waals surface area contributed by atoms with Gasteiger partial charge in [-0.1, -0.05) is 5.16 Å². The Morgan fingerprint density at radius 2 is 2.02 bits per heavy atom. The van der Waals surface area contributed by atoms with Gasteiger partial charge in [0.05, 0.1) is 18.3 Å². The van der Waals surface area contributed by atoms with E-state index in [2.05, 4.69) is 25.5 Å². The molecule has 1 aliphatic rings. The number of hydrogen-bond donors (Lipinski definition) is 2. The third-order valence-electron chi connectivity index (χ3n) is 6.36. The fourth-order valence-electron chi connectivity index (χ4n) is 4.41. The van der Waals surface area contributed by atoms with Crippen LogP contribution in [0.15, 0.2) is 53.3 Å². The van der Waals surface area contributed by atoms with Crippen molar-refractivity contribution in [1.29, 1.82) is 0 Å². The largest absolute Gasteiger partial charge is 0.444 e. The molecule has 1 aromatic carbocycles. The summed E-state index contributed by atoms with van der Waals surface area (Å²) in [5.74, 6) is 0.112. The third kappa shape index (κ3) is 7.28. The van der Waals surface area contributed by atoms with Crippen molar-refractivity contribution in [3.63, 3.8) is 0 Å². The highest BCUT2D eigenvalue weighted by Gasteiger charge is 2.22. The number of alkyl carbamates (subject to hydrolysis) is 1. The van der Waals surface area contributed by atoms with Crippen molar-refractivity contribution in [2.45, 2.75) is 64.3 Å². The van der Waals surface area contributed by atoms with E-state index in [-0.39, 0.29) is 31.0 Å². The highest BCUT2D eigenvalue weighted by molar-refractivity contribution is 5.68. The molecular weight excluding hydrogens is 547 g/mol. The Kier molecular flexibility index (Phi) is 8.78. The summed E-state index contributed by atoms with van der Waals surface area (Å²) in [5.41, 5.74) is 1.24. The van der Waals surface area contributed by atoms with E-state index in [0.717, 1.165) is 25.0 Å². The number of carbonyl (C=O) groups is 1. The number of aliphatic hydroxyl groups excluding tert-OH is 1. The van der Waals surface area contributed by atoms with Crippen LogP contribution >= 0.6 is 0 Å². The van der Waals surface area contributed by atoms with Crippen LogP contribution in [-0.4, -0.2) is 61.0 Å². The number of benzene rings is 1. The molecule has 5 rings (SSSR count). The molecule has 2 unspecified atom stereocenters. The van der Waals surface area contributed by atoms with Crippen LogP contribution in [0.3, 0.4) is 0 Å². The predicted octanol–water partition coefficient (Wildman–Crippen LogP) is 5.05. The van der Waals surface area contributed by atoms with Crippen molar-refractivity contribution in [2.24, 2.45) is 0 Å². The van der Waals surface area contributed by atoms with Crippen molar-refractivity contribution in [1.82, 2.24) is 30.2 Å². The number of hydrogen-bond acceptors (Lipinski definition) is 10. The third-order valence-corrected chi connectivity index (χ3v) is 6.36. The molecule has 0 saturated carbocycles. The van der Waals surface area contributed by atoms with Gasteiger partial charge < -0.3 is 29.2 Å². The molecule has 0 spiro atoms. The van der Waals surface area contributed by atoms with Gasteiger partial charge in [0.1, 0.15) is 11.4 Å². The molecule has 0 aliphatic carbocycles. The van der Waals surface area contributed by atoms with E-state index in [1.165, 1.54) is 6.07 Å². The first-order chi connectivity index (χ1) is 20.2. The zero-order valence-corrected chi connectivity index (χ0v) is 23.6. The van der Waals surface area contributed by atoms with Crippen LogP contribution in [0.4, 0.5) is 9.18 Å². The number of nitrogens with one attached hydrogen (secondary N) is 1. The second-order valence-corrected chi connectivity index (χ2v) is 10.9. The van der Waals surface area contributed by atoms with Crippen molar-refractivity contribution in [2.75, 3.05) is 13.2 Å². The number of halogens is 1. The molecule has 4 aromatic rings. The van der Waals surface area contributed by atoms with Crippen molar-refractivity contribution >= 4 is 6.09 Å². The van der Waals surface area contributed by atoms with E-state index in [4.69, 9.17) is 18.7 Å². The van der Waals surface area contributed by atoms with Gasteiger partial charge in [-0.25, -0.2) is 18.9 Å². The van der Waals surface area contributed by atoms with Gasteiger partial charge in [0, 0.05) is 36.5 Å². The molecule has 1 saturated heterocycles. The molecule has 3 aromatic heterocycles. The fourth-order valence-corrected chi connectivity index (χ4v) is 4.41. The first-order valence-electron chi connectivity index (χ1n) is 13.7. The molecule has 1 aliphatic heterocycles. The molecule has 4 heterocycles. The topological polar surface area (TPSA) is 147 Å². The maximum absolute atomic E-state index is 15.0. The highest BCUT2D eigenvalue weighted by Crippen LogP contribution is 2.31. The summed E-state index contributed by atoms with van der Waals surface area (Å²) in [7, 11) is 0. The van der Waals surface area contributed by atoms with Crippen molar-refractivity contribution < 1.29 is 33.0 Å². The van der Waals surface area contributed by atoms with E-state index in [0.29, 0.717) is 29.3 Å². The fraction of sp³-hybridized carbons (Fsp3) is 0.414. The van der Waals surface area contributed by atoms with E-state index in [9.17, 15) is 9.90 Å². The molecule has 13 heteroatoms. The van der Waals surface area contributed by atoms with Crippen LogP contribution in [0.1, 0.15) is 52.2 Å². The number of carbonyl (C=O) groups excluding carboxylic acids is 1. The van der Waals surface area contributed by atoms with Crippen LogP contribution < -0.4 is 10.1 Å². The summed E-state index contributed by atoms with van der Waals surface area (Å²) in [5, 5.41) is 20.6. The molecule has 0 radical (unpaired) electrons. The maximum Gasteiger partial charge on any atom is 0.407 e. The standard InChI is InChI=1S/C29H33FN6O6/c1-29(2,3)41-28(38)33-20(17-37)15-24-34-26(35-42-24)18-7-9-21(10-8-18)40-27-22(30)14-19(16-31-27)23-11-12-32-36(23)25-6-4-5-13-39-25/h7-12,14,16,20,25,37H,4-6,13,15,17H2,1-3H3,(H,33,38). The summed E-state index contributed by atoms with van der Waals surface area (Å²) < 4.78 is 38.8. The van der Waals surface area contributed by atoms with Gasteiger partial charge in [-0.05, 0) is 76.4 Å². The number of amides is 1. The molecular formula is C29H33FN6O6. The number of pyridine rings is 1. The first kappa shape index (κ1) is 29.1. The Morgan fingerprint density at radius 1 is 1.21 bits per heavy atom. The lowest BCUT2D eigenvalue weighted by Gasteiger charge is -2.24. The van der Waals surface area contributed by atoms with E-state index < -0.39 is 23.6 Å². The Bertz CT molecular complexity index is 1490. The summed E-state index contributed by atoms with van der Waals surface area (Å²) in [6.07, 6.45) is 5.40. The number of ether oxygens (including phenoxy) is 3. The molecule has 1 amide bonds. The van der Waals surface area contributed by atoms with Crippen LogP contribution in [-0.2, 0) is 15.9 Å². The average Bonchev–Trinajstić information content (AvgIpc) is 3.64. The van der Waals surface area contributed by atoms with Gasteiger partial charge >= 0.3 is 6.09 Å². The molecule has 2 atom stereocenters. The zero-order chi connectivity index (χ0) is 29.7. The quantitative estimate of drug-likeness (QED) is 0.276. The minimum absolute atomic E-state index is 0.110. The number of aromatic nitrogens is 5. The minimum Gasteiger partial charge on any atom is -0.444 e. The molecule has 12 nitrogen and oxygen atoms in total. The molecule has 42 heavy (non-hydrogen) atoms. The van der Waals surface area contributed by atoms with Crippen molar-refractivity contribution in [3.05, 3.63) is 60.5 Å². The number of rotatable bonds is 9. The van der Waals surface area contributed by atoms with Gasteiger partial charge in [-0.3, -0.25) is 0 Å². The number of nitrogens with zero attached hydrogens (tertiary/aromatic N) is 5. The Morgan fingerprint density at radius 3 is 2.71 bits per heavy atom. The predicted molar refractivity (Wildman–Crippen MR) is 148 cm³/mol. The van der Waals surface area contributed by atoms with E-state index in [1.54, 1.807) is 68.2 Å². The average molecular weight is 581 g/mol. The summed E-state index contributed by atoms with van der Waals surface area (Å²) in [4.78, 5) is 20.6. The molecule has 2 N–H and O–H groups in total. The molecule has 0 bridgehead atoms. The smallest absolute Gasteiger partial charge is 0.407 e. The maximum atomic E-state index is 15.0. The Hall–Kier alpha value is -4.36. The SMILES string of the molecule is CC(C)(C)OC(=O)NC(CO)Cc1nc(-c2ccc(Oc3ncc(-c4ccnn4C4CCCCO4)cc3F)cc2)no1. The van der Waals surface area contributed by atoms with Crippen LogP contribution in [0, 0.1) is 5.82 Å². The Balaban J connectivity index is 1.21. The highest BCUT2D eigenvalue weighted by atomic mass is 19.1. The zero-order valence-electron chi connectivity index (χ0n) is 23.6. The van der Waals surface area contributed by atoms with E-state index >= 15 is 4.39 Å². The lowest BCUT2D eigenvalue weighted by atomic mass is 10.1. The van der Waals surface area contributed by atoms with E-state index in [1.807, 2.05) is 0 Å². The van der Waals surface area contributed by atoms with Gasteiger partial charge in [-0.2, -0.15) is 10.1 Å². The summed E-state index contributed by atoms with van der Waals surface area (Å²) in [6, 6.07) is 9.17. The second kappa shape index (κ2) is 12.7. The summed E-state index contributed by atoms with van der Waals surface area (Å²) in [6.45, 7) is 5.57. The Labute approximate surface area is 241 Å². The molecule has 222 valence electrons. The van der Waals surface area contributed by atoms with Gasteiger partial charge in [0.15, 0.2) is 12.0 Å². The first-order valence-corrected chi connectivity index (χ1v) is 13.7. The van der Waals surface area contributed by atoms with Gasteiger partial charge in [0.2, 0.25) is 11.7 Å². The normalized spacial score (nSPS) is 16.2. The van der Waals surface area contributed by atoms with Crippen LogP contribution in [0.25, 0.3) is 22.6 Å². The van der Waals surface area contributed by atoms with Crippen molar-refractivity contribution in [3.8, 4) is 34.3 Å². The monoisotopic (exact) mass is 580 g/mol. The molecule has 1 fully saturated rings. The lowest BCUT2D eigenvalue weighted by Crippen LogP contribution is -2.42. The van der Waals surface area contributed by atoms with Crippen LogP contribution in [0.2, 0.25) is 0 Å². The van der Waals surface area contributed by atoms with Gasteiger partial charge in [-0.15, -0.1) is 0 Å². The number of aliphatic hydroxyl groups is 1.